The molecule has 0 saturated carbocycles. The maximum Gasteiger partial charge on any atom is 0.193 e. The third kappa shape index (κ3) is 2.45. The number of carbonyl (C=O) groups excluding carboxylic acids is 1. The first-order chi connectivity index (χ1) is 8.06. The predicted octanol–water partition coefficient (Wildman–Crippen LogP) is 2.39. The average molecular weight is 226 g/mol. The first kappa shape index (κ1) is 11.2. The number of nitrogen functional groups attached to an aromatic ring is 2. The fraction of sp³-hybridized carbons (Fsp3) is 0.0714. The van der Waals surface area contributed by atoms with Gasteiger partial charge in [0.1, 0.15) is 0 Å². The summed E-state index contributed by atoms with van der Waals surface area (Å²) in [5.74, 6) is -0.0413. The molecular weight excluding hydrogens is 212 g/mol. The van der Waals surface area contributed by atoms with Crippen molar-refractivity contribution in [3.8, 4) is 0 Å². The van der Waals surface area contributed by atoms with Crippen LogP contribution in [-0.2, 0) is 0 Å². The van der Waals surface area contributed by atoms with Gasteiger partial charge in [-0.1, -0.05) is 0 Å². The molecule has 0 aliphatic rings. The highest BCUT2D eigenvalue weighted by atomic mass is 16.1. The van der Waals surface area contributed by atoms with Crippen molar-refractivity contribution in [2.45, 2.75) is 6.92 Å². The van der Waals surface area contributed by atoms with Gasteiger partial charge in [-0.2, -0.15) is 0 Å². The largest absolute Gasteiger partial charge is 0.399 e. The van der Waals surface area contributed by atoms with Crippen LogP contribution in [0.25, 0.3) is 0 Å². The van der Waals surface area contributed by atoms with Crippen molar-refractivity contribution in [2.75, 3.05) is 11.5 Å². The molecule has 0 aliphatic carbocycles. The van der Waals surface area contributed by atoms with Crippen molar-refractivity contribution < 1.29 is 4.79 Å². The fourth-order valence-electron chi connectivity index (χ4n) is 1.74. The molecule has 0 aliphatic heterocycles. The van der Waals surface area contributed by atoms with Gasteiger partial charge in [-0.25, -0.2) is 0 Å². The maximum absolute atomic E-state index is 12.2. The molecule has 3 heteroatoms. The van der Waals surface area contributed by atoms with Gasteiger partial charge in [0.05, 0.1) is 0 Å². The maximum atomic E-state index is 12.2. The molecule has 3 nitrogen and oxygen atoms in total. The normalized spacial score (nSPS) is 10.2. The molecule has 0 fully saturated rings. The van der Waals surface area contributed by atoms with Gasteiger partial charge < -0.3 is 11.5 Å². The Morgan fingerprint density at radius 2 is 1.53 bits per heavy atom. The van der Waals surface area contributed by atoms with Crippen LogP contribution in [-0.4, -0.2) is 5.78 Å². The van der Waals surface area contributed by atoms with Crippen LogP contribution in [0.1, 0.15) is 21.5 Å². The van der Waals surface area contributed by atoms with E-state index in [0.717, 1.165) is 5.56 Å². The molecule has 0 saturated heterocycles. The minimum atomic E-state index is -0.0413. The molecule has 0 bridgehead atoms. The summed E-state index contributed by atoms with van der Waals surface area (Å²) in [5, 5.41) is 0. The second-order valence-corrected chi connectivity index (χ2v) is 4.08. The number of nitrogens with two attached hydrogens (primary N) is 2. The molecule has 2 rings (SSSR count). The van der Waals surface area contributed by atoms with Gasteiger partial charge in [0, 0.05) is 22.5 Å². The Kier molecular flexibility index (Phi) is 2.83. The van der Waals surface area contributed by atoms with E-state index in [0.29, 0.717) is 22.5 Å². The third-order valence-electron chi connectivity index (χ3n) is 2.53. The van der Waals surface area contributed by atoms with Crippen LogP contribution in [0.5, 0.6) is 0 Å². The summed E-state index contributed by atoms with van der Waals surface area (Å²) in [5.41, 5.74) is 14.7. The van der Waals surface area contributed by atoms with Crippen LogP contribution in [0.4, 0.5) is 11.4 Å². The molecule has 0 aromatic heterocycles. The smallest absolute Gasteiger partial charge is 0.193 e. The first-order valence-electron chi connectivity index (χ1n) is 5.33. The lowest BCUT2D eigenvalue weighted by Crippen LogP contribution is -2.03. The number of aryl methyl sites for hydroxylation is 1. The van der Waals surface area contributed by atoms with E-state index in [-0.39, 0.29) is 5.78 Å². The summed E-state index contributed by atoms with van der Waals surface area (Å²) < 4.78 is 0. The molecule has 0 unspecified atom stereocenters. The van der Waals surface area contributed by atoms with Crippen LogP contribution in [0.2, 0.25) is 0 Å². The number of hydrogen-bond donors (Lipinski definition) is 2. The Hall–Kier alpha value is -2.29. The second kappa shape index (κ2) is 4.29. The zero-order chi connectivity index (χ0) is 12.4. The zero-order valence-corrected chi connectivity index (χ0v) is 9.60. The summed E-state index contributed by atoms with van der Waals surface area (Å²) in [6.45, 7) is 1.91. The highest BCUT2D eigenvalue weighted by molar-refractivity contribution is 6.09. The molecule has 2 aromatic rings. The minimum Gasteiger partial charge on any atom is -0.399 e. The van der Waals surface area contributed by atoms with E-state index in [1.54, 1.807) is 30.3 Å². The lowest BCUT2D eigenvalue weighted by atomic mass is 10.0. The molecule has 0 amide bonds. The summed E-state index contributed by atoms with van der Waals surface area (Å²) in [6.07, 6.45) is 0. The van der Waals surface area contributed by atoms with Crippen molar-refractivity contribution in [2.24, 2.45) is 0 Å². The molecule has 0 spiro atoms. The van der Waals surface area contributed by atoms with Crippen LogP contribution in [0, 0.1) is 6.92 Å². The Labute approximate surface area is 100 Å². The Bertz CT molecular complexity index is 539. The summed E-state index contributed by atoms with van der Waals surface area (Å²) >= 11 is 0. The van der Waals surface area contributed by atoms with Crippen LogP contribution < -0.4 is 11.5 Å². The average Bonchev–Trinajstić information content (AvgIpc) is 2.28. The van der Waals surface area contributed by atoms with E-state index in [9.17, 15) is 4.79 Å². The van der Waals surface area contributed by atoms with Crippen LogP contribution in [0.3, 0.4) is 0 Å². The van der Waals surface area contributed by atoms with Crippen molar-refractivity contribution in [1.29, 1.82) is 0 Å². The van der Waals surface area contributed by atoms with Gasteiger partial charge in [-0.3, -0.25) is 4.79 Å². The van der Waals surface area contributed by atoms with E-state index in [4.69, 9.17) is 11.5 Å². The van der Waals surface area contributed by atoms with E-state index in [2.05, 4.69) is 0 Å². The molecular formula is C14H14N2O. The van der Waals surface area contributed by atoms with E-state index >= 15 is 0 Å². The molecule has 0 heterocycles. The van der Waals surface area contributed by atoms with Crippen LogP contribution >= 0.6 is 0 Å². The van der Waals surface area contributed by atoms with Crippen molar-refractivity contribution in [1.82, 2.24) is 0 Å². The van der Waals surface area contributed by atoms with Gasteiger partial charge in [-0.05, 0) is 55.0 Å². The Balaban J connectivity index is 2.40. The quantitative estimate of drug-likeness (QED) is 0.610. The summed E-state index contributed by atoms with van der Waals surface area (Å²) in [4.78, 5) is 12.2. The fourth-order valence-corrected chi connectivity index (χ4v) is 1.74. The van der Waals surface area contributed by atoms with Gasteiger partial charge in [0.25, 0.3) is 0 Å². The van der Waals surface area contributed by atoms with E-state index < -0.39 is 0 Å². The third-order valence-corrected chi connectivity index (χ3v) is 2.53. The predicted molar refractivity (Wildman–Crippen MR) is 69.9 cm³/mol. The summed E-state index contributed by atoms with van der Waals surface area (Å²) in [7, 11) is 0. The highest BCUT2D eigenvalue weighted by Gasteiger charge is 2.09. The number of anilines is 2. The van der Waals surface area contributed by atoms with E-state index in [1.807, 2.05) is 19.1 Å². The van der Waals surface area contributed by atoms with Gasteiger partial charge in [0.2, 0.25) is 0 Å². The Morgan fingerprint density at radius 1 is 0.882 bits per heavy atom. The SMILES string of the molecule is Cc1cc(N)cc(C(=O)c2ccc(N)cc2)c1. The minimum absolute atomic E-state index is 0.0413. The molecule has 0 atom stereocenters. The van der Waals surface area contributed by atoms with E-state index in [1.165, 1.54) is 0 Å². The standard InChI is InChI=1S/C14H14N2O/c1-9-6-11(8-13(16)7-9)14(17)10-2-4-12(15)5-3-10/h2-8H,15-16H2,1H3. The monoisotopic (exact) mass is 226 g/mol. The topological polar surface area (TPSA) is 69.1 Å². The van der Waals surface area contributed by atoms with Gasteiger partial charge in [0.15, 0.2) is 5.78 Å². The van der Waals surface area contributed by atoms with Crippen molar-refractivity contribution in [3.05, 3.63) is 59.2 Å². The number of ketones is 1. The number of rotatable bonds is 2. The molecule has 0 radical (unpaired) electrons. The molecule has 4 N–H and O–H groups in total. The Morgan fingerprint density at radius 3 is 2.12 bits per heavy atom. The molecule has 2 aromatic carbocycles. The highest BCUT2D eigenvalue weighted by Crippen LogP contribution is 2.16. The first-order valence-corrected chi connectivity index (χ1v) is 5.33. The number of carbonyl (C=O) groups is 1. The molecule has 86 valence electrons. The zero-order valence-electron chi connectivity index (χ0n) is 9.60. The van der Waals surface area contributed by atoms with Crippen molar-refractivity contribution in [3.63, 3.8) is 0 Å². The number of benzene rings is 2. The number of hydrogen-bond acceptors (Lipinski definition) is 3. The lowest BCUT2D eigenvalue weighted by Gasteiger charge is -2.04. The molecule has 17 heavy (non-hydrogen) atoms. The second-order valence-electron chi connectivity index (χ2n) is 4.08. The van der Waals surface area contributed by atoms with Gasteiger partial charge >= 0.3 is 0 Å². The lowest BCUT2D eigenvalue weighted by molar-refractivity contribution is 0.103. The summed E-state index contributed by atoms with van der Waals surface area (Å²) in [6, 6.07) is 12.2. The van der Waals surface area contributed by atoms with Gasteiger partial charge in [-0.15, -0.1) is 0 Å². The van der Waals surface area contributed by atoms with Crippen LogP contribution in [0.15, 0.2) is 42.5 Å². The van der Waals surface area contributed by atoms with Crippen molar-refractivity contribution >= 4 is 17.2 Å².